The fourth-order valence-corrected chi connectivity index (χ4v) is 0.625. The van der Waals surface area contributed by atoms with E-state index in [1.807, 2.05) is 0 Å². The molecule has 1 rings (SSSR count). The van der Waals surface area contributed by atoms with Crippen molar-refractivity contribution in [2.75, 3.05) is 18.4 Å². The van der Waals surface area contributed by atoms with Crippen LogP contribution < -0.4 is 5.32 Å². The Balaban J connectivity index is 0.000000162. The Morgan fingerprint density at radius 2 is 1.90 bits per heavy atom. The lowest BCUT2D eigenvalue weighted by molar-refractivity contribution is -0.133. The van der Waals surface area contributed by atoms with Crippen molar-refractivity contribution in [1.29, 1.82) is 0 Å². The number of carboxylic acid groups (broad SMARTS) is 1. The van der Waals surface area contributed by atoms with E-state index in [0.29, 0.717) is 0 Å². The van der Waals surface area contributed by atoms with E-state index in [0.717, 1.165) is 0 Å². The van der Waals surface area contributed by atoms with Crippen LogP contribution in [0.1, 0.15) is 12.8 Å². The molecule has 0 aromatic carbocycles. The highest BCUT2D eigenvalue weighted by molar-refractivity contribution is 9.09. The Kier molecular flexibility index (Phi) is 6.96. The molecule has 1 heterocycles. The van der Waals surface area contributed by atoms with Gasteiger partial charge in [0.05, 0.1) is 0 Å². The smallest absolute Gasteiger partial charge is 0.314 e. The second-order valence-corrected chi connectivity index (χ2v) is 2.55. The predicted octanol–water partition coefficient (Wildman–Crippen LogP) is 0.836. The number of carboxylic acids is 1. The molecule has 0 saturated carbocycles. The van der Waals surface area contributed by atoms with Crippen LogP contribution in [0.3, 0.4) is 0 Å². The standard InChI is InChI=1S/C4H9N.C2H3BrO2/c1-2-4-5-3-1;3-1-2(4)5/h5H,1-4H2;1H2,(H,4,5). The molecule has 60 valence electrons. The third kappa shape index (κ3) is 7.91. The van der Waals surface area contributed by atoms with Crippen LogP contribution in [0.5, 0.6) is 0 Å². The van der Waals surface area contributed by atoms with Gasteiger partial charge in [-0.25, -0.2) is 0 Å². The van der Waals surface area contributed by atoms with Gasteiger partial charge in [-0.15, -0.1) is 0 Å². The van der Waals surface area contributed by atoms with Gasteiger partial charge in [0.1, 0.15) is 5.33 Å². The molecule has 0 aliphatic carbocycles. The largest absolute Gasteiger partial charge is 0.481 e. The molecule has 0 radical (unpaired) electrons. The first-order valence-corrected chi connectivity index (χ1v) is 4.38. The highest BCUT2D eigenvalue weighted by Crippen LogP contribution is 1.90. The van der Waals surface area contributed by atoms with E-state index in [1.54, 1.807) is 0 Å². The molecule has 0 spiro atoms. The monoisotopic (exact) mass is 209 g/mol. The number of aliphatic carboxylic acids is 1. The molecule has 4 heteroatoms. The molecular weight excluding hydrogens is 198 g/mol. The van der Waals surface area contributed by atoms with Gasteiger partial charge in [-0.1, -0.05) is 15.9 Å². The van der Waals surface area contributed by atoms with Gasteiger partial charge in [0.25, 0.3) is 0 Å². The summed E-state index contributed by atoms with van der Waals surface area (Å²) in [6.07, 6.45) is 2.78. The Labute approximate surface area is 68.9 Å². The average molecular weight is 210 g/mol. The van der Waals surface area contributed by atoms with Gasteiger partial charge in [-0.3, -0.25) is 4.79 Å². The number of rotatable bonds is 1. The Morgan fingerprint density at radius 1 is 1.50 bits per heavy atom. The quantitative estimate of drug-likeness (QED) is 0.630. The molecule has 0 unspecified atom stereocenters. The van der Waals surface area contributed by atoms with Crippen molar-refractivity contribution in [2.24, 2.45) is 0 Å². The van der Waals surface area contributed by atoms with Crippen molar-refractivity contribution in [3.8, 4) is 0 Å². The van der Waals surface area contributed by atoms with Crippen LogP contribution in [-0.2, 0) is 4.79 Å². The highest BCUT2D eigenvalue weighted by atomic mass is 79.9. The van der Waals surface area contributed by atoms with Crippen molar-refractivity contribution in [3.63, 3.8) is 0 Å². The first kappa shape index (κ1) is 9.91. The lowest BCUT2D eigenvalue weighted by Crippen LogP contribution is -2.03. The summed E-state index contributed by atoms with van der Waals surface area (Å²) in [4.78, 5) is 9.32. The van der Waals surface area contributed by atoms with E-state index in [2.05, 4.69) is 21.2 Å². The molecule has 0 aromatic rings. The maximum atomic E-state index is 9.32. The van der Waals surface area contributed by atoms with Gasteiger partial charge in [0.2, 0.25) is 0 Å². The topological polar surface area (TPSA) is 49.3 Å². The molecule has 1 fully saturated rings. The fraction of sp³-hybridized carbons (Fsp3) is 0.833. The number of hydrogen-bond acceptors (Lipinski definition) is 2. The minimum absolute atomic E-state index is 0.0347. The van der Waals surface area contributed by atoms with Crippen molar-refractivity contribution >= 4 is 21.9 Å². The number of nitrogens with one attached hydrogen (secondary N) is 1. The molecule has 0 amide bonds. The molecule has 0 aromatic heterocycles. The van der Waals surface area contributed by atoms with E-state index < -0.39 is 5.97 Å². The molecule has 1 aliphatic rings. The van der Waals surface area contributed by atoms with Crippen molar-refractivity contribution in [3.05, 3.63) is 0 Å². The number of hydrogen-bond donors (Lipinski definition) is 2. The summed E-state index contributed by atoms with van der Waals surface area (Å²) in [5.74, 6) is -0.829. The second-order valence-electron chi connectivity index (χ2n) is 1.98. The van der Waals surface area contributed by atoms with E-state index in [-0.39, 0.29) is 5.33 Å². The van der Waals surface area contributed by atoms with E-state index in [1.165, 1.54) is 25.9 Å². The van der Waals surface area contributed by atoms with Crippen LogP contribution in [0.2, 0.25) is 0 Å². The van der Waals surface area contributed by atoms with Gasteiger partial charge in [0, 0.05) is 0 Å². The van der Waals surface area contributed by atoms with Gasteiger partial charge in [-0.2, -0.15) is 0 Å². The molecule has 2 N–H and O–H groups in total. The summed E-state index contributed by atoms with van der Waals surface area (Å²) in [5, 5.41) is 10.9. The first-order valence-electron chi connectivity index (χ1n) is 3.26. The third-order valence-corrected chi connectivity index (χ3v) is 1.55. The molecule has 1 aliphatic heterocycles. The van der Waals surface area contributed by atoms with Crippen LogP contribution in [0.15, 0.2) is 0 Å². The second kappa shape index (κ2) is 7.02. The minimum atomic E-state index is -0.829. The molecule has 0 bridgehead atoms. The van der Waals surface area contributed by atoms with E-state index >= 15 is 0 Å². The summed E-state index contributed by atoms with van der Waals surface area (Å²) in [6, 6.07) is 0. The summed E-state index contributed by atoms with van der Waals surface area (Å²) >= 11 is 2.71. The lowest BCUT2D eigenvalue weighted by Gasteiger charge is -1.76. The zero-order valence-electron chi connectivity index (χ0n) is 5.77. The minimum Gasteiger partial charge on any atom is -0.481 e. The van der Waals surface area contributed by atoms with Gasteiger partial charge < -0.3 is 10.4 Å². The van der Waals surface area contributed by atoms with E-state index in [9.17, 15) is 4.79 Å². The summed E-state index contributed by atoms with van der Waals surface area (Å²) in [6.45, 7) is 2.50. The number of carbonyl (C=O) groups is 1. The summed E-state index contributed by atoms with van der Waals surface area (Å²) < 4.78 is 0. The average Bonchev–Trinajstić information content (AvgIpc) is 2.43. The van der Waals surface area contributed by atoms with Crippen LogP contribution in [-0.4, -0.2) is 29.5 Å². The molecular formula is C6H12BrNO2. The maximum absolute atomic E-state index is 9.32. The van der Waals surface area contributed by atoms with Gasteiger partial charge >= 0.3 is 5.97 Å². The third-order valence-electron chi connectivity index (χ3n) is 1.07. The fourth-order valence-electron chi connectivity index (χ4n) is 0.625. The number of halogens is 1. The molecule has 0 atom stereocenters. The predicted molar refractivity (Wildman–Crippen MR) is 43.5 cm³/mol. The summed E-state index contributed by atoms with van der Waals surface area (Å²) in [7, 11) is 0. The van der Waals surface area contributed by atoms with Crippen molar-refractivity contribution < 1.29 is 9.90 Å². The number of alkyl halides is 1. The van der Waals surface area contributed by atoms with Gasteiger partial charge in [0.15, 0.2) is 0 Å². The Hall–Kier alpha value is -0.0900. The van der Waals surface area contributed by atoms with E-state index in [4.69, 9.17) is 5.11 Å². The Morgan fingerprint density at radius 3 is 2.00 bits per heavy atom. The summed E-state index contributed by atoms with van der Waals surface area (Å²) in [5.41, 5.74) is 0. The SMILES string of the molecule is C1CCNC1.O=C(O)CBr. The molecule has 3 nitrogen and oxygen atoms in total. The first-order chi connectivity index (χ1) is 4.77. The van der Waals surface area contributed by atoms with Crippen LogP contribution >= 0.6 is 15.9 Å². The zero-order valence-corrected chi connectivity index (χ0v) is 7.35. The van der Waals surface area contributed by atoms with Crippen LogP contribution in [0.4, 0.5) is 0 Å². The van der Waals surface area contributed by atoms with Crippen molar-refractivity contribution in [2.45, 2.75) is 12.8 Å². The normalized spacial score (nSPS) is 15.7. The molecule has 10 heavy (non-hydrogen) atoms. The van der Waals surface area contributed by atoms with Crippen LogP contribution in [0.25, 0.3) is 0 Å². The van der Waals surface area contributed by atoms with Gasteiger partial charge in [-0.05, 0) is 25.9 Å². The Bertz CT molecular complexity index is 86.1. The molecule has 1 saturated heterocycles. The highest BCUT2D eigenvalue weighted by Gasteiger charge is 1.93. The lowest BCUT2D eigenvalue weighted by atomic mass is 10.4. The zero-order chi connectivity index (χ0) is 7.82. The van der Waals surface area contributed by atoms with Crippen LogP contribution in [0, 0.1) is 0 Å². The maximum Gasteiger partial charge on any atom is 0.314 e. The van der Waals surface area contributed by atoms with Crippen molar-refractivity contribution in [1.82, 2.24) is 5.32 Å².